The Bertz CT molecular complexity index is 526. The Morgan fingerprint density at radius 3 is 0.875 bits per heavy atom. The van der Waals surface area contributed by atoms with E-state index in [0.717, 1.165) is 12.8 Å². The number of aliphatic carboxylic acids is 2. The predicted molar refractivity (Wildman–Crippen MR) is 170 cm³/mol. The minimum atomic E-state index is -1.18. The van der Waals surface area contributed by atoms with Crippen LogP contribution < -0.4 is 5.73 Å². The first-order chi connectivity index (χ1) is 19.3. The van der Waals surface area contributed by atoms with Crippen molar-refractivity contribution in [1.29, 1.82) is 0 Å². The van der Waals surface area contributed by atoms with E-state index in [-0.39, 0.29) is 0 Å². The zero-order chi connectivity index (χ0) is 30.1. The smallest absolute Gasteiger partial charge is 0.323 e. The van der Waals surface area contributed by atoms with Crippen molar-refractivity contribution in [1.82, 2.24) is 0 Å². The Kier molecular flexibility index (Phi) is 34.9. The fourth-order valence-corrected chi connectivity index (χ4v) is 4.98. The fraction of sp³-hybridized carbons (Fsp3) is 0.941. The molecular weight excluding hydrogens is 502 g/mol. The molecule has 0 aromatic rings. The largest absolute Gasteiger partial charge is 0.481 e. The van der Waals surface area contributed by atoms with Crippen molar-refractivity contribution in [2.45, 2.75) is 206 Å². The quantitative estimate of drug-likeness (QED) is 0.0637. The van der Waals surface area contributed by atoms with Crippen molar-refractivity contribution in [3.8, 4) is 0 Å². The molecule has 0 saturated heterocycles. The number of nitrogens with two attached hydrogens (primary N) is 1. The Hall–Kier alpha value is -1.14. The molecular formula is C34H69NO5. The van der Waals surface area contributed by atoms with Crippen LogP contribution in [-0.2, 0) is 9.59 Å². The number of aliphatic hydroxyl groups excluding tert-OH is 1. The maximum absolute atomic E-state index is 10.4. The molecule has 0 radical (unpaired) electrons. The average Bonchev–Trinajstić information content (AvgIpc) is 2.92. The molecule has 5 N–H and O–H groups in total. The molecule has 0 aromatic carbocycles. The average molecular weight is 572 g/mol. The molecule has 0 aliphatic carbocycles. The van der Waals surface area contributed by atoms with E-state index in [1.165, 1.54) is 167 Å². The van der Waals surface area contributed by atoms with Crippen molar-refractivity contribution in [2.75, 3.05) is 0 Å². The number of carboxylic acids is 2. The zero-order valence-electron chi connectivity index (χ0n) is 26.7. The Morgan fingerprint density at radius 1 is 0.500 bits per heavy atom. The number of aliphatic hydroxyl groups is 1. The molecule has 0 aromatic heterocycles. The van der Waals surface area contributed by atoms with Crippen LogP contribution in [-0.4, -0.2) is 39.4 Å². The van der Waals surface area contributed by atoms with Gasteiger partial charge in [-0.05, 0) is 13.3 Å². The van der Waals surface area contributed by atoms with Crippen LogP contribution in [0.25, 0.3) is 0 Å². The van der Waals surface area contributed by atoms with Gasteiger partial charge in [0.25, 0.3) is 0 Å². The zero-order valence-corrected chi connectivity index (χ0v) is 26.7. The van der Waals surface area contributed by atoms with Crippen LogP contribution in [0.3, 0.4) is 0 Å². The Morgan fingerprint density at radius 2 is 0.725 bits per heavy atom. The van der Waals surface area contributed by atoms with Gasteiger partial charge in [0.15, 0.2) is 0 Å². The molecule has 2 atom stereocenters. The van der Waals surface area contributed by atoms with E-state index in [1.807, 2.05) is 0 Å². The third kappa shape index (κ3) is 36.9. The summed E-state index contributed by atoms with van der Waals surface area (Å²) in [6, 6.07) is -1.16. The summed E-state index contributed by atoms with van der Waals surface area (Å²) in [7, 11) is 0. The summed E-state index contributed by atoms with van der Waals surface area (Å²) < 4.78 is 0. The molecule has 40 heavy (non-hydrogen) atoms. The number of carboxylic acid groups (broad SMARTS) is 2. The maximum atomic E-state index is 10.4. The van der Waals surface area contributed by atoms with Gasteiger partial charge in [0.05, 0.1) is 6.10 Å². The molecule has 240 valence electrons. The first-order valence-corrected chi connectivity index (χ1v) is 17.2. The Labute approximate surface area is 248 Å². The summed E-state index contributed by atoms with van der Waals surface area (Å²) in [6.07, 6.45) is 37.0. The highest BCUT2D eigenvalue weighted by molar-refractivity contribution is 5.73. The Balaban J connectivity index is 0. The van der Waals surface area contributed by atoms with Gasteiger partial charge in [-0.3, -0.25) is 9.59 Å². The number of carbonyl (C=O) groups is 2. The minimum absolute atomic E-state index is 0.347. The van der Waals surface area contributed by atoms with E-state index in [4.69, 9.17) is 21.1 Å². The third-order valence-electron chi connectivity index (χ3n) is 7.80. The van der Waals surface area contributed by atoms with Gasteiger partial charge in [-0.25, -0.2) is 0 Å². The normalized spacial score (nSPS) is 12.5. The van der Waals surface area contributed by atoms with Crippen LogP contribution in [0.5, 0.6) is 0 Å². The molecule has 0 rings (SSSR count). The molecule has 0 amide bonds. The molecule has 6 heteroatoms. The van der Waals surface area contributed by atoms with E-state index >= 15 is 0 Å². The monoisotopic (exact) mass is 572 g/mol. The lowest BCUT2D eigenvalue weighted by Crippen LogP contribution is -2.39. The van der Waals surface area contributed by atoms with Crippen molar-refractivity contribution in [3.63, 3.8) is 0 Å². The summed E-state index contributed by atoms with van der Waals surface area (Å²) in [5, 5.41) is 25.2. The molecule has 0 fully saturated rings. The third-order valence-corrected chi connectivity index (χ3v) is 7.80. The van der Waals surface area contributed by atoms with Crippen LogP contribution in [0, 0.1) is 0 Å². The summed E-state index contributed by atoms with van der Waals surface area (Å²) in [4.78, 5) is 20.3. The second-order valence-corrected chi connectivity index (χ2v) is 11.9. The molecule has 6 nitrogen and oxygen atoms in total. The number of unbranched alkanes of at least 4 members (excludes halogenated alkanes) is 26. The van der Waals surface area contributed by atoms with E-state index in [2.05, 4.69) is 6.92 Å². The molecule has 0 bridgehead atoms. The first kappa shape index (κ1) is 41.0. The fourth-order valence-electron chi connectivity index (χ4n) is 4.98. The SMILES string of the molecule is CC(O)C(N)C(=O)O.CCCCCCCCCCCCCCCCCCCCCCCCCCCCCC(=O)O. The van der Waals surface area contributed by atoms with Crippen molar-refractivity contribution in [3.05, 3.63) is 0 Å². The lowest BCUT2D eigenvalue weighted by Gasteiger charge is -2.06. The van der Waals surface area contributed by atoms with E-state index in [1.54, 1.807) is 0 Å². The summed E-state index contributed by atoms with van der Waals surface area (Å²) in [5.41, 5.74) is 4.91. The molecule has 0 heterocycles. The van der Waals surface area contributed by atoms with Crippen LogP contribution in [0.2, 0.25) is 0 Å². The van der Waals surface area contributed by atoms with Gasteiger partial charge in [0, 0.05) is 6.42 Å². The highest BCUT2D eigenvalue weighted by Gasteiger charge is 2.16. The van der Waals surface area contributed by atoms with Crippen molar-refractivity contribution in [2.24, 2.45) is 5.73 Å². The lowest BCUT2D eigenvalue weighted by atomic mass is 10.0. The van der Waals surface area contributed by atoms with Crippen LogP contribution in [0.1, 0.15) is 194 Å². The van der Waals surface area contributed by atoms with Gasteiger partial charge >= 0.3 is 11.9 Å². The predicted octanol–water partition coefficient (Wildman–Crippen LogP) is 9.79. The van der Waals surface area contributed by atoms with Crippen LogP contribution >= 0.6 is 0 Å². The molecule has 0 spiro atoms. The number of hydrogen-bond acceptors (Lipinski definition) is 4. The van der Waals surface area contributed by atoms with Crippen LogP contribution in [0.15, 0.2) is 0 Å². The highest BCUT2D eigenvalue weighted by atomic mass is 16.4. The second kappa shape index (κ2) is 34.1. The maximum Gasteiger partial charge on any atom is 0.323 e. The van der Waals surface area contributed by atoms with E-state index in [9.17, 15) is 9.59 Å². The summed E-state index contributed by atoms with van der Waals surface area (Å²) in [6.45, 7) is 3.63. The highest BCUT2D eigenvalue weighted by Crippen LogP contribution is 2.16. The molecule has 0 saturated carbocycles. The van der Waals surface area contributed by atoms with Gasteiger partial charge in [-0.1, -0.05) is 174 Å². The second-order valence-electron chi connectivity index (χ2n) is 11.9. The topological polar surface area (TPSA) is 121 Å². The number of hydrogen-bond donors (Lipinski definition) is 4. The molecule has 2 unspecified atom stereocenters. The van der Waals surface area contributed by atoms with Gasteiger partial charge in [-0.2, -0.15) is 0 Å². The number of rotatable bonds is 30. The standard InChI is InChI=1S/C30H60O2.C4H9NO3/c1-2-3-4-5-6-7-8-9-10-11-12-13-14-15-16-17-18-19-20-21-22-23-24-25-26-27-28-29-30(31)32;1-2(6)3(5)4(7)8/h2-29H2,1H3,(H,31,32);2-3,6H,5H2,1H3,(H,7,8). The van der Waals surface area contributed by atoms with Gasteiger partial charge < -0.3 is 21.1 Å². The minimum Gasteiger partial charge on any atom is -0.481 e. The van der Waals surface area contributed by atoms with Crippen molar-refractivity contribution >= 4 is 11.9 Å². The van der Waals surface area contributed by atoms with Crippen LogP contribution in [0.4, 0.5) is 0 Å². The van der Waals surface area contributed by atoms with Gasteiger partial charge in [0.1, 0.15) is 6.04 Å². The lowest BCUT2D eigenvalue weighted by molar-refractivity contribution is -0.141. The van der Waals surface area contributed by atoms with Gasteiger partial charge in [0.2, 0.25) is 0 Å². The first-order valence-electron chi connectivity index (χ1n) is 17.2. The van der Waals surface area contributed by atoms with E-state index in [0.29, 0.717) is 6.42 Å². The van der Waals surface area contributed by atoms with Crippen molar-refractivity contribution < 1.29 is 24.9 Å². The summed E-state index contributed by atoms with van der Waals surface area (Å²) in [5.74, 6) is -1.83. The molecule has 0 aliphatic rings. The van der Waals surface area contributed by atoms with E-state index < -0.39 is 24.1 Å². The summed E-state index contributed by atoms with van der Waals surface area (Å²) >= 11 is 0. The molecule has 0 aliphatic heterocycles. The van der Waals surface area contributed by atoms with Gasteiger partial charge in [-0.15, -0.1) is 0 Å².